The van der Waals surface area contributed by atoms with E-state index in [1.54, 1.807) is 6.20 Å². The van der Waals surface area contributed by atoms with Gasteiger partial charge >= 0.3 is 0 Å². The van der Waals surface area contributed by atoms with Gasteiger partial charge in [-0.25, -0.2) is 9.69 Å². The lowest BCUT2D eigenvalue weighted by molar-refractivity contribution is 0.0497. The molecule has 43 heavy (non-hydrogen) atoms. The van der Waals surface area contributed by atoms with Crippen LogP contribution < -0.4 is 10.7 Å². The molecule has 2 aliphatic rings. The summed E-state index contributed by atoms with van der Waals surface area (Å²) < 4.78 is 7.54. The number of hydrogen-bond donors (Lipinski definition) is 2. The van der Waals surface area contributed by atoms with Gasteiger partial charge < -0.3 is 15.5 Å². The second-order valence-electron chi connectivity index (χ2n) is 12.2. The van der Waals surface area contributed by atoms with Crippen molar-refractivity contribution in [1.82, 2.24) is 29.9 Å². The normalized spacial score (nSPS) is 17.9. The zero-order chi connectivity index (χ0) is 30.0. The van der Waals surface area contributed by atoms with Crippen molar-refractivity contribution in [3.8, 4) is 6.07 Å². The van der Waals surface area contributed by atoms with Gasteiger partial charge in [-0.05, 0) is 51.3 Å². The van der Waals surface area contributed by atoms with Crippen molar-refractivity contribution in [2.75, 3.05) is 50.1 Å². The number of benzene rings is 2. The first-order valence-electron chi connectivity index (χ1n) is 14.9. The minimum Gasteiger partial charge on any atom is -0.379 e. The molecule has 2 aliphatic heterocycles. The van der Waals surface area contributed by atoms with E-state index in [4.69, 9.17) is 16.3 Å². The Morgan fingerprint density at radius 1 is 1.07 bits per heavy atom. The second kappa shape index (κ2) is 12.5. The zero-order valence-corrected chi connectivity index (χ0v) is 25.7. The van der Waals surface area contributed by atoms with Crippen molar-refractivity contribution in [3.05, 3.63) is 76.7 Å². The number of hydrazine groups is 1. The number of piperidine rings is 1. The zero-order valence-electron chi connectivity index (χ0n) is 24.9. The van der Waals surface area contributed by atoms with Crippen LogP contribution in [-0.2, 0) is 4.74 Å². The molecule has 4 heterocycles. The van der Waals surface area contributed by atoms with Crippen LogP contribution in [0.3, 0.4) is 0 Å². The Bertz CT molecular complexity index is 1600. The summed E-state index contributed by atoms with van der Waals surface area (Å²) in [5, 5.41) is 26.2. The number of fused-ring (bicyclic) bond motifs is 1. The Morgan fingerprint density at radius 3 is 2.51 bits per heavy atom. The molecule has 11 heteroatoms. The van der Waals surface area contributed by atoms with Gasteiger partial charge in [0.1, 0.15) is 11.8 Å². The van der Waals surface area contributed by atoms with Gasteiger partial charge in [-0.2, -0.15) is 5.26 Å². The summed E-state index contributed by atoms with van der Waals surface area (Å²) in [6.07, 6.45) is 5.72. The van der Waals surface area contributed by atoms with E-state index in [1.807, 2.05) is 35.0 Å². The fourth-order valence-corrected chi connectivity index (χ4v) is 6.19. The lowest BCUT2D eigenvalue weighted by atomic mass is 9.98. The molecule has 0 saturated carbocycles. The van der Waals surface area contributed by atoms with Gasteiger partial charge in [0.15, 0.2) is 0 Å². The number of ether oxygens (including phenoxy) is 1. The summed E-state index contributed by atoms with van der Waals surface area (Å²) in [5.41, 5.74) is 8.06. The fourth-order valence-electron chi connectivity index (χ4n) is 5.92. The number of anilines is 2. The quantitative estimate of drug-likeness (QED) is 0.279. The number of nitriles is 1. The standard InChI is InChI=1S/C32H38ClN9O/c1-32(2,3)40-11-9-25(10-12-40)42-21-28(37-39-42)30(22-7-5-4-6-8-22)36-24-17-26-29(38-41-13-15-43-16-14-41)23(19-34)20-35-31(26)27(33)18-24/h4-8,17-18,20-21,25,30,36H,9-16H2,1-3H3,(H,35,38). The van der Waals surface area contributed by atoms with E-state index < -0.39 is 0 Å². The first-order chi connectivity index (χ1) is 20.8. The molecule has 0 radical (unpaired) electrons. The van der Waals surface area contributed by atoms with E-state index in [9.17, 15) is 5.26 Å². The number of pyridine rings is 1. The summed E-state index contributed by atoms with van der Waals surface area (Å²) in [4.78, 5) is 7.06. The second-order valence-corrected chi connectivity index (χ2v) is 12.6. The van der Waals surface area contributed by atoms with Crippen molar-refractivity contribution >= 4 is 33.9 Å². The highest BCUT2D eigenvalue weighted by Crippen LogP contribution is 2.36. The lowest BCUT2D eigenvalue weighted by Gasteiger charge is -2.40. The number of hydrogen-bond acceptors (Lipinski definition) is 9. The molecule has 224 valence electrons. The topological polar surface area (TPSA) is 107 Å². The number of nitrogens with zero attached hydrogens (tertiary/aromatic N) is 7. The first-order valence-corrected chi connectivity index (χ1v) is 15.3. The summed E-state index contributed by atoms with van der Waals surface area (Å²) in [5.74, 6) is 0. The maximum atomic E-state index is 9.91. The fraction of sp³-hybridized carbons (Fsp3) is 0.438. The molecular weight excluding hydrogens is 562 g/mol. The molecule has 2 N–H and O–H groups in total. The maximum absolute atomic E-state index is 9.91. The molecule has 1 unspecified atom stereocenters. The van der Waals surface area contributed by atoms with E-state index in [1.165, 1.54) is 0 Å². The molecule has 6 rings (SSSR count). The molecule has 2 aromatic heterocycles. The Balaban J connectivity index is 1.32. The molecule has 0 spiro atoms. The highest BCUT2D eigenvalue weighted by Gasteiger charge is 2.29. The third-order valence-corrected chi connectivity index (χ3v) is 8.67. The van der Waals surface area contributed by atoms with Gasteiger partial charge in [0.05, 0.1) is 53.3 Å². The third-order valence-electron chi connectivity index (χ3n) is 8.38. The SMILES string of the molecule is CC(C)(C)N1CCC(n2cc(C(Nc3cc(Cl)c4ncc(C#N)c(NN5CCOCC5)c4c3)c3ccccc3)nn2)CC1. The van der Waals surface area contributed by atoms with E-state index >= 15 is 0 Å². The number of morpholine rings is 1. The lowest BCUT2D eigenvalue weighted by Crippen LogP contribution is -2.46. The molecule has 2 aromatic carbocycles. The number of aromatic nitrogens is 4. The van der Waals surface area contributed by atoms with E-state index in [0.29, 0.717) is 54.1 Å². The van der Waals surface area contributed by atoms with Crippen LogP contribution in [-0.4, -0.2) is 74.8 Å². The third kappa shape index (κ3) is 6.45. The number of likely N-dealkylation sites (tertiary alicyclic amines) is 1. The van der Waals surface area contributed by atoms with E-state index in [2.05, 4.69) is 81.1 Å². The van der Waals surface area contributed by atoms with Crippen LogP contribution in [0, 0.1) is 11.3 Å². The smallest absolute Gasteiger partial charge is 0.109 e. The van der Waals surface area contributed by atoms with E-state index in [-0.39, 0.29) is 11.6 Å². The molecule has 0 bridgehead atoms. The van der Waals surface area contributed by atoms with E-state index in [0.717, 1.165) is 48.3 Å². The summed E-state index contributed by atoms with van der Waals surface area (Å²) in [6.45, 7) is 11.6. The minimum absolute atomic E-state index is 0.170. The molecule has 0 amide bonds. The van der Waals surface area contributed by atoms with Gasteiger partial charge in [0, 0.05) is 49.0 Å². The van der Waals surface area contributed by atoms with Crippen LogP contribution in [0.5, 0.6) is 0 Å². The Kier molecular flexibility index (Phi) is 8.50. The van der Waals surface area contributed by atoms with Crippen LogP contribution in [0.4, 0.5) is 11.4 Å². The molecule has 2 saturated heterocycles. The Morgan fingerprint density at radius 2 is 1.81 bits per heavy atom. The van der Waals surface area contributed by atoms with Gasteiger partial charge in [0.2, 0.25) is 0 Å². The van der Waals surface area contributed by atoms with Crippen molar-refractivity contribution in [2.24, 2.45) is 0 Å². The van der Waals surface area contributed by atoms with Gasteiger partial charge in [-0.3, -0.25) is 9.88 Å². The average Bonchev–Trinajstić information content (AvgIpc) is 3.51. The van der Waals surface area contributed by atoms with Crippen molar-refractivity contribution < 1.29 is 4.74 Å². The van der Waals surface area contributed by atoms with Crippen LogP contribution in [0.1, 0.15) is 62.5 Å². The largest absolute Gasteiger partial charge is 0.379 e. The molecule has 2 fully saturated rings. The molecule has 0 aliphatic carbocycles. The number of nitrogens with one attached hydrogen (secondary N) is 2. The van der Waals surface area contributed by atoms with Crippen LogP contribution in [0.25, 0.3) is 10.9 Å². The Hall–Kier alpha value is -3.75. The predicted molar refractivity (Wildman–Crippen MR) is 169 cm³/mol. The van der Waals surface area contributed by atoms with Crippen molar-refractivity contribution in [1.29, 1.82) is 5.26 Å². The van der Waals surface area contributed by atoms with Crippen LogP contribution in [0.2, 0.25) is 5.02 Å². The van der Waals surface area contributed by atoms with Crippen LogP contribution in [0.15, 0.2) is 54.9 Å². The van der Waals surface area contributed by atoms with Gasteiger partial charge in [-0.1, -0.05) is 47.1 Å². The minimum atomic E-state index is -0.263. The summed E-state index contributed by atoms with van der Waals surface area (Å²) >= 11 is 6.81. The molecule has 10 nitrogen and oxygen atoms in total. The van der Waals surface area contributed by atoms with Gasteiger partial charge in [-0.15, -0.1) is 5.10 Å². The number of halogens is 1. The summed E-state index contributed by atoms with van der Waals surface area (Å²) in [6, 6.07) is 16.4. The molecule has 1 atom stereocenters. The van der Waals surface area contributed by atoms with Crippen LogP contribution >= 0.6 is 11.6 Å². The molecular formula is C32H38ClN9O. The van der Waals surface area contributed by atoms with Crippen molar-refractivity contribution in [3.63, 3.8) is 0 Å². The maximum Gasteiger partial charge on any atom is 0.109 e. The Labute approximate surface area is 257 Å². The number of rotatable bonds is 7. The van der Waals surface area contributed by atoms with Gasteiger partial charge in [0.25, 0.3) is 0 Å². The average molecular weight is 600 g/mol. The predicted octanol–water partition coefficient (Wildman–Crippen LogP) is 5.65. The molecule has 4 aromatic rings. The summed E-state index contributed by atoms with van der Waals surface area (Å²) in [7, 11) is 0. The first kappa shape index (κ1) is 29.3. The highest BCUT2D eigenvalue weighted by atomic mass is 35.5. The highest BCUT2D eigenvalue weighted by molar-refractivity contribution is 6.35. The monoisotopic (exact) mass is 599 g/mol. The van der Waals surface area contributed by atoms with Crippen molar-refractivity contribution in [2.45, 2.75) is 51.2 Å².